The number of esters is 1. The summed E-state index contributed by atoms with van der Waals surface area (Å²) >= 11 is 1.32. The van der Waals surface area contributed by atoms with Crippen LogP contribution in [0.5, 0.6) is 0 Å². The minimum atomic E-state index is -1.01. The number of hydrogen-bond donors (Lipinski definition) is 2. The van der Waals surface area contributed by atoms with Crippen molar-refractivity contribution in [1.82, 2.24) is 5.32 Å². The van der Waals surface area contributed by atoms with E-state index in [0.29, 0.717) is 4.88 Å². The van der Waals surface area contributed by atoms with Gasteiger partial charge in [0.05, 0.1) is 13.7 Å². The summed E-state index contributed by atoms with van der Waals surface area (Å²) < 4.78 is 4.41. The molecule has 1 aromatic heterocycles. The van der Waals surface area contributed by atoms with Gasteiger partial charge in [-0.3, -0.25) is 14.9 Å². The molecule has 1 heterocycles. The Bertz CT molecular complexity index is 336. The second-order valence-corrected chi connectivity index (χ2v) is 3.72. The number of ether oxygens (including phenoxy) is 1. The molecular weight excluding hydrogens is 218 g/mol. The highest BCUT2D eigenvalue weighted by atomic mass is 32.1. The van der Waals surface area contributed by atoms with E-state index in [4.69, 9.17) is 5.11 Å². The van der Waals surface area contributed by atoms with E-state index in [2.05, 4.69) is 10.1 Å². The largest absolute Gasteiger partial charge is 0.480 e. The predicted octanol–water partition coefficient (Wildman–Crippen LogP) is 0.636. The molecule has 0 saturated carbocycles. The number of nitrogens with one attached hydrogen (secondary N) is 1. The van der Waals surface area contributed by atoms with Gasteiger partial charge in [-0.15, -0.1) is 11.3 Å². The van der Waals surface area contributed by atoms with Crippen molar-refractivity contribution in [2.45, 2.75) is 6.04 Å². The third kappa shape index (κ3) is 3.34. The number of carboxylic acids is 1. The van der Waals surface area contributed by atoms with Crippen LogP contribution in [0.15, 0.2) is 17.5 Å². The second kappa shape index (κ2) is 5.47. The first-order valence-corrected chi connectivity index (χ1v) is 5.09. The first kappa shape index (κ1) is 11.7. The van der Waals surface area contributed by atoms with Crippen molar-refractivity contribution in [3.63, 3.8) is 0 Å². The third-order valence-corrected chi connectivity index (χ3v) is 2.69. The van der Waals surface area contributed by atoms with Crippen molar-refractivity contribution in [3.05, 3.63) is 22.4 Å². The molecule has 6 heteroatoms. The Labute approximate surface area is 90.7 Å². The van der Waals surface area contributed by atoms with E-state index < -0.39 is 18.0 Å². The second-order valence-electron chi connectivity index (χ2n) is 2.74. The number of hydrogen-bond acceptors (Lipinski definition) is 5. The van der Waals surface area contributed by atoms with E-state index in [1.165, 1.54) is 18.4 Å². The fourth-order valence-electron chi connectivity index (χ4n) is 1.02. The van der Waals surface area contributed by atoms with Crippen molar-refractivity contribution in [2.24, 2.45) is 0 Å². The molecule has 0 saturated heterocycles. The Kier molecular flexibility index (Phi) is 4.26. The zero-order valence-corrected chi connectivity index (χ0v) is 8.91. The predicted molar refractivity (Wildman–Crippen MR) is 54.7 cm³/mol. The molecule has 2 N–H and O–H groups in total. The monoisotopic (exact) mass is 229 g/mol. The number of rotatable bonds is 5. The molecule has 1 aromatic rings. The van der Waals surface area contributed by atoms with Crippen LogP contribution in [0.2, 0.25) is 0 Å². The summed E-state index contributed by atoms with van der Waals surface area (Å²) in [6.45, 7) is -0.120. The Hall–Kier alpha value is -1.40. The molecule has 82 valence electrons. The van der Waals surface area contributed by atoms with Crippen molar-refractivity contribution < 1.29 is 19.4 Å². The molecule has 0 fully saturated rings. The van der Waals surface area contributed by atoms with Crippen LogP contribution in [0.4, 0.5) is 0 Å². The molecule has 1 unspecified atom stereocenters. The maximum atomic E-state index is 10.9. The van der Waals surface area contributed by atoms with Crippen LogP contribution in [0.1, 0.15) is 10.9 Å². The summed E-state index contributed by atoms with van der Waals surface area (Å²) in [5.41, 5.74) is 0. The van der Waals surface area contributed by atoms with Crippen LogP contribution >= 0.6 is 11.3 Å². The van der Waals surface area contributed by atoms with Gasteiger partial charge >= 0.3 is 11.9 Å². The SMILES string of the molecule is COC(=O)CNC(C(=O)O)c1cccs1. The Morgan fingerprint density at radius 1 is 1.67 bits per heavy atom. The van der Waals surface area contributed by atoms with Crippen molar-refractivity contribution >= 4 is 23.3 Å². The molecule has 0 aromatic carbocycles. The normalized spacial score (nSPS) is 12.1. The number of carboxylic acid groups (broad SMARTS) is 1. The van der Waals surface area contributed by atoms with E-state index in [-0.39, 0.29) is 6.54 Å². The molecule has 0 amide bonds. The zero-order chi connectivity index (χ0) is 11.3. The number of methoxy groups -OCH3 is 1. The number of carbonyl (C=O) groups excluding carboxylic acids is 1. The molecule has 15 heavy (non-hydrogen) atoms. The van der Waals surface area contributed by atoms with E-state index in [1.54, 1.807) is 17.5 Å². The molecule has 0 aliphatic rings. The van der Waals surface area contributed by atoms with Gasteiger partial charge in [-0.25, -0.2) is 0 Å². The van der Waals surface area contributed by atoms with Crippen LogP contribution < -0.4 is 5.32 Å². The van der Waals surface area contributed by atoms with Gasteiger partial charge in [0.2, 0.25) is 0 Å². The lowest BCUT2D eigenvalue weighted by Crippen LogP contribution is -2.32. The lowest BCUT2D eigenvalue weighted by molar-refractivity contribution is -0.141. The fraction of sp³-hybridized carbons (Fsp3) is 0.333. The summed E-state index contributed by atoms with van der Waals surface area (Å²) in [5.74, 6) is -1.50. The molecule has 0 aliphatic heterocycles. The highest BCUT2D eigenvalue weighted by Crippen LogP contribution is 2.18. The minimum absolute atomic E-state index is 0.120. The van der Waals surface area contributed by atoms with Gasteiger partial charge in [0, 0.05) is 4.88 Å². The van der Waals surface area contributed by atoms with Crippen molar-refractivity contribution in [2.75, 3.05) is 13.7 Å². The van der Waals surface area contributed by atoms with Gasteiger partial charge in [-0.2, -0.15) is 0 Å². The maximum absolute atomic E-state index is 10.9. The Morgan fingerprint density at radius 3 is 2.87 bits per heavy atom. The average Bonchev–Trinajstić information content (AvgIpc) is 2.70. The molecule has 1 rings (SSSR count). The standard InChI is InChI=1S/C9H11NO4S/c1-14-7(11)5-10-8(9(12)13)6-3-2-4-15-6/h2-4,8,10H,5H2,1H3,(H,12,13). The van der Waals surface area contributed by atoms with E-state index in [1.807, 2.05) is 0 Å². The first-order chi connectivity index (χ1) is 7.15. The van der Waals surface area contributed by atoms with E-state index >= 15 is 0 Å². The highest BCUT2D eigenvalue weighted by molar-refractivity contribution is 7.10. The van der Waals surface area contributed by atoms with Gasteiger partial charge in [0.15, 0.2) is 0 Å². The summed E-state index contributed by atoms with van der Waals surface area (Å²) in [4.78, 5) is 22.4. The van der Waals surface area contributed by atoms with Gasteiger partial charge < -0.3 is 9.84 Å². The Morgan fingerprint density at radius 2 is 2.40 bits per heavy atom. The Balaban J connectivity index is 2.60. The first-order valence-electron chi connectivity index (χ1n) is 4.21. The maximum Gasteiger partial charge on any atom is 0.326 e. The van der Waals surface area contributed by atoms with Crippen LogP contribution in [-0.4, -0.2) is 30.7 Å². The van der Waals surface area contributed by atoms with Gasteiger partial charge in [-0.1, -0.05) is 6.07 Å². The van der Waals surface area contributed by atoms with Gasteiger partial charge in [0.25, 0.3) is 0 Å². The highest BCUT2D eigenvalue weighted by Gasteiger charge is 2.20. The molecule has 0 spiro atoms. The summed E-state index contributed by atoms with van der Waals surface area (Å²) in [7, 11) is 1.25. The molecule has 0 aliphatic carbocycles. The topological polar surface area (TPSA) is 75.6 Å². The van der Waals surface area contributed by atoms with E-state index in [9.17, 15) is 9.59 Å². The van der Waals surface area contributed by atoms with E-state index in [0.717, 1.165) is 0 Å². The van der Waals surface area contributed by atoms with Crippen LogP contribution in [0.25, 0.3) is 0 Å². The molecule has 0 radical (unpaired) electrons. The zero-order valence-electron chi connectivity index (χ0n) is 8.10. The molecular formula is C9H11NO4S. The number of aliphatic carboxylic acids is 1. The lowest BCUT2D eigenvalue weighted by Gasteiger charge is -2.11. The molecule has 0 bridgehead atoms. The summed E-state index contributed by atoms with van der Waals surface area (Å²) in [5, 5.41) is 13.3. The minimum Gasteiger partial charge on any atom is -0.480 e. The van der Waals surface area contributed by atoms with Crippen LogP contribution in [-0.2, 0) is 14.3 Å². The number of carbonyl (C=O) groups is 2. The van der Waals surface area contributed by atoms with Gasteiger partial charge in [-0.05, 0) is 11.4 Å². The lowest BCUT2D eigenvalue weighted by atomic mass is 10.2. The number of thiophene rings is 1. The quantitative estimate of drug-likeness (QED) is 0.724. The third-order valence-electron chi connectivity index (χ3n) is 1.75. The fourth-order valence-corrected chi connectivity index (χ4v) is 1.81. The van der Waals surface area contributed by atoms with Crippen LogP contribution in [0.3, 0.4) is 0 Å². The average molecular weight is 229 g/mol. The summed E-state index contributed by atoms with van der Waals surface area (Å²) in [6.07, 6.45) is 0. The van der Waals surface area contributed by atoms with Crippen LogP contribution in [0, 0.1) is 0 Å². The molecule has 1 atom stereocenters. The van der Waals surface area contributed by atoms with Gasteiger partial charge in [0.1, 0.15) is 6.04 Å². The molecule has 5 nitrogen and oxygen atoms in total. The summed E-state index contributed by atoms with van der Waals surface area (Å²) in [6, 6.07) is 2.60. The van der Waals surface area contributed by atoms with Crippen molar-refractivity contribution in [3.8, 4) is 0 Å². The van der Waals surface area contributed by atoms with Crippen molar-refractivity contribution in [1.29, 1.82) is 0 Å². The smallest absolute Gasteiger partial charge is 0.326 e.